The van der Waals surface area contributed by atoms with Crippen LogP contribution in [0.2, 0.25) is 0 Å². The first-order valence-corrected chi connectivity index (χ1v) is 11.7. The number of carboxylic acids is 1. The highest BCUT2D eigenvalue weighted by molar-refractivity contribution is 6.02. The number of carbonyl (C=O) groups is 4. The average Bonchev–Trinajstić information content (AvgIpc) is 2.92. The molecule has 0 heterocycles. The van der Waals surface area contributed by atoms with Crippen molar-refractivity contribution in [1.82, 2.24) is 10.2 Å². The maximum absolute atomic E-state index is 13.2. The summed E-state index contributed by atoms with van der Waals surface area (Å²) in [6.45, 7) is 1.40. The number of aliphatic carboxylic acids is 1. The summed E-state index contributed by atoms with van der Waals surface area (Å²) in [5.74, 6) is -3.49. The molecule has 10 nitrogen and oxygen atoms in total. The van der Waals surface area contributed by atoms with Crippen molar-refractivity contribution in [2.24, 2.45) is 5.73 Å². The molecule has 0 aliphatic heterocycles. The normalized spacial score (nSPS) is 12.9. The van der Waals surface area contributed by atoms with Gasteiger partial charge in [0.1, 0.15) is 12.4 Å². The van der Waals surface area contributed by atoms with Crippen LogP contribution in [0.15, 0.2) is 91.0 Å². The third-order valence-electron chi connectivity index (χ3n) is 5.51. The van der Waals surface area contributed by atoms with E-state index in [4.69, 9.17) is 15.2 Å². The number of ether oxygens (including phenoxy) is 2. The Morgan fingerprint density at radius 3 is 2.00 bits per heavy atom. The molecule has 10 heteroatoms. The molecule has 0 fully saturated rings. The van der Waals surface area contributed by atoms with Crippen molar-refractivity contribution < 1.29 is 33.8 Å². The van der Waals surface area contributed by atoms with Crippen LogP contribution in [0.25, 0.3) is 0 Å². The fraction of sp³-hybridized carbons (Fsp3) is 0.179. The molecule has 4 N–H and O–H groups in total. The number of amides is 3. The second-order valence-corrected chi connectivity index (χ2v) is 8.43. The van der Waals surface area contributed by atoms with E-state index in [0.29, 0.717) is 12.2 Å². The van der Waals surface area contributed by atoms with E-state index in [1.54, 1.807) is 91.0 Å². The van der Waals surface area contributed by atoms with Gasteiger partial charge in [0.2, 0.25) is 18.2 Å². The molecule has 0 saturated carbocycles. The Morgan fingerprint density at radius 2 is 1.45 bits per heavy atom. The van der Waals surface area contributed by atoms with Crippen molar-refractivity contribution in [1.29, 1.82) is 0 Å². The monoisotopic (exact) mass is 518 g/mol. The quantitative estimate of drug-likeness (QED) is 0.328. The van der Waals surface area contributed by atoms with Crippen LogP contribution in [0, 0.1) is 6.61 Å². The predicted molar refractivity (Wildman–Crippen MR) is 137 cm³/mol. The zero-order valence-corrected chi connectivity index (χ0v) is 20.7. The van der Waals surface area contributed by atoms with Gasteiger partial charge < -0.3 is 25.6 Å². The van der Waals surface area contributed by atoms with Gasteiger partial charge in [-0.3, -0.25) is 9.59 Å². The number of carboxylic acid groups (broad SMARTS) is 1. The number of nitrogens with one attached hydrogen (secondary N) is 1. The van der Waals surface area contributed by atoms with Gasteiger partial charge in [0.05, 0.1) is 6.04 Å². The number of benzene rings is 3. The maximum atomic E-state index is 13.2. The van der Waals surface area contributed by atoms with E-state index in [1.807, 2.05) is 0 Å². The molecule has 0 saturated heterocycles. The fourth-order valence-corrected chi connectivity index (χ4v) is 3.45. The van der Waals surface area contributed by atoms with Crippen LogP contribution in [0.5, 0.6) is 5.75 Å². The van der Waals surface area contributed by atoms with E-state index in [0.717, 1.165) is 12.5 Å². The first-order valence-electron chi connectivity index (χ1n) is 11.7. The van der Waals surface area contributed by atoms with Crippen LogP contribution < -0.4 is 15.8 Å². The van der Waals surface area contributed by atoms with Gasteiger partial charge in [-0.1, -0.05) is 78.9 Å². The summed E-state index contributed by atoms with van der Waals surface area (Å²) in [7, 11) is 0. The highest BCUT2D eigenvalue weighted by atomic mass is 16.6. The minimum atomic E-state index is -2.56. The largest absolute Gasteiger partial charge is 0.478 e. The summed E-state index contributed by atoms with van der Waals surface area (Å²) in [4.78, 5) is 51.9. The van der Waals surface area contributed by atoms with Gasteiger partial charge in [-0.15, -0.1) is 0 Å². The van der Waals surface area contributed by atoms with Gasteiger partial charge in [0, 0.05) is 0 Å². The first-order chi connectivity index (χ1) is 18.2. The molecule has 0 unspecified atom stereocenters. The average molecular weight is 519 g/mol. The van der Waals surface area contributed by atoms with Crippen LogP contribution in [0.4, 0.5) is 4.79 Å². The van der Waals surface area contributed by atoms with Gasteiger partial charge in [-0.05, 0) is 36.6 Å². The van der Waals surface area contributed by atoms with Crippen molar-refractivity contribution in [2.45, 2.75) is 31.7 Å². The molecule has 0 aliphatic carbocycles. The third kappa shape index (κ3) is 7.40. The Labute approximate surface area is 220 Å². The lowest BCUT2D eigenvalue weighted by atomic mass is 10.0. The molecule has 0 bridgehead atoms. The minimum Gasteiger partial charge on any atom is -0.478 e. The van der Waals surface area contributed by atoms with Crippen molar-refractivity contribution in [3.63, 3.8) is 0 Å². The number of para-hydroxylation sites is 1. The molecule has 3 rings (SSSR count). The number of nitrogens with two attached hydrogens (primary N) is 1. The fourth-order valence-electron chi connectivity index (χ4n) is 3.45. The molecule has 3 aromatic carbocycles. The second kappa shape index (κ2) is 13.0. The van der Waals surface area contributed by atoms with Crippen molar-refractivity contribution in [3.05, 3.63) is 109 Å². The third-order valence-corrected chi connectivity index (χ3v) is 5.51. The molecule has 197 valence electrons. The lowest BCUT2D eigenvalue weighted by Crippen LogP contribution is -2.68. The summed E-state index contributed by atoms with van der Waals surface area (Å²) in [5, 5.41) is 12.3. The Bertz CT molecular complexity index is 1180. The zero-order chi connectivity index (χ0) is 27.5. The van der Waals surface area contributed by atoms with Gasteiger partial charge in [-0.2, -0.15) is 0 Å². The van der Waals surface area contributed by atoms with Crippen molar-refractivity contribution in [2.75, 3.05) is 0 Å². The molecular formula is C28H28N3O7. The molecule has 3 aromatic rings. The van der Waals surface area contributed by atoms with Crippen molar-refractivity contribution in [3.8, 4) is 5.75 Å². The van der Waals surface area contributed by atoms with Gasteiger partial charge >= 0.3 is 12.1 Å². The topological polar surface area (TPSA) is 148 Å². The smallest absolute Gasteiger partial charge is 0.419 e. The Hall–Kier alpha value is -4.70. The number of carbonyl (C=O) groups excluding carboxylic acids is 3. The number of nitrogens with zero attached hydrogens (tertiary/aromatic N) is 1. The second-order valence-electron chi connectivity index (χ2n) is 8.43. The van der Waals surface area contributed by atoms with E-state index in [2.05, 4.69) is 5.32 Å². The summed E-state index contributed by atoms with van der Waals surface area (Å²) >= 11 is 0. The molecule has 1 radical (unpaired) electrons. The molecule has 3 amide bonds. The van der Waals surface area contributed by atoms with Crippen LogP contribution in [0.1, 0.15) is 18.1 Å². The summed E-state index contributed by atoms with van der Waals surface area (Å²) in [5.41, 5.74) is 4.80. The summed E-state index contributed by atoms with van der Waals surface area (Å²) < 4.78 is 10.6. The van der Waals surface area contributed by atoms with E-state index in [9.17, 15) is 24.3 Å². The van der Waals surface area contributed by atoms with Gasteiger partial charge in [0.25, 0.3) is 5.91 Å². The molecular weight excluding hydrogens is 490 g/mol. The highest BCUT2D eigenvalue weighted by Gasteiger charge is 2.49. The van der Waals surface area contributed by atoms with Crippen LogP contribution in [-0.4, -0.2) is 45.6 Å². The van der Waals surface area contributed by atoms with Gasteiger partial charge in [-0.25, -0.2) is 14.5 Å². The highest BCUT2D eigenvalue weighted by Crippen LogP contribution is 2.19. The molecule has 2 atom stereocenters. The number of imide groups is 1. The first kappa shape index (κ1) is 27.9. The standard InChI is InChI=1S/C28H28N3O7/c1-28(26(34)35,30-25(33)23(29)17-20-11-5-2-6-12-20)31(24(32)19-37-22-15-9-4-10-16-22)27(36)38-18-21-13-7-3-8-14-21/h2-16,19,23H,17-18,29H2,1H3,(H,30,33)(H,34,35)/t23-,28-/m0/s1. The van der Waals surface area contributed by atoms with Crippen LogP contribution in [-0.2, 0) is 32.1 Å². The maximum Gasteiger partial charge on any atom is 0.419 e. The summed E-state index contributed by atoms with van der Waals surface area (Å²) in [6, 6.07) is 24.5. The number of hydrogen-bond acceptors (Lipinski definition) is 7. The van der Waals surface area contributed by atoms with E-state index < -0.39 is 35.6 Å². The Kier molecular flexibility index (Phi) is 9.55. The Balaban J connectivity index is 1.83. The Morgan fingerprint density at radius 1 is 0.921 bits per heavy atom. The molecule has 0 aromatic heterocycles. The molecule has 0 spiro atoms. The van der Waals surface area contributed by atoms with Gasteiger partial charge in [0.15, 0.2) is 0 Å². The minimum absolute atomic E-state index is 0.0953. The predicted octanol–water partition coefficient (Wildman–Crippen LogP) is 2.88. The molecule has 38 heavy (non-hydrogen) atoms. The van der Waals surface area contributed by atoms with E-state index in [1.165, 1.54) is 0 Å². The zero-order valence-electron chi connectivity index (χ0n) is 20.7. The van der Waals surface area contributed by atoms with Crippen LogP contribution >= 0.6 is 0 Å². The lowest BCUT2D eigenvalue weighted by Gasteiger charge is -2.36. The SMILES string of the molecule is C[C@@](NC(=O)[C@@H](N)Cc1ccccc1)(C(=O)O)N(C(=O)[CH]Oc1ccccc1)C(=O)OCc1ccccc1. The lowest BCUT2D eigenvalue weighted by molar-refractivity contribution is -0.160. The molecule has 0 aliphatic rings. The summed E-state index contributed by atoms with van der Waals surface area (Å²) in [6.07, 6.45) is -1.22. The van der Waals surface area contributed by atoms with E-state index in [-0.39, 0.29) is 23.7 Å². The van der Waals surface area contributed by atoms with Crippen molar-refractivity contribution >= 4 is 23.9 Å². The van der Waals surface area contributed by atoms with E-state index >= 15 is 0 Å². The number of hydrogen-bond donors (Lipinski definition) is 3. The number of rotatable bonds is 11. The van der Waals surface area contributed by atoms with Crippen LogP contribution in [0.3, 0.4) is 0 Å².